The van der Waals surface area contributed by atoms with Gasteiger partial charge in [0, 0.05) is 22.9 Å². The van der Waals surface area contributed by atoms with Gasteiger partial charge in [0.25, 0.3) is 0 Å². The van der Waals surface area contributed by atoms with Gasteiger partial charge in [-0.1, -0.05) is 28.1 Å². The number of carbonyl (C=O) groups excluding carboxylic acids is 2. The summed E-state index contributed by atoms with van der Waals surface area (Å²) in [6, 6.07) is 7.82. The summed E-state index contributed by atoms with van der Waals surface area (Å²) in [7, 11) is 0. The summed E-state index contributed by atoms with van der Waals surface area (Å²) in [4.78, 5) is 28.3. The van der Waals surface area contributed by atoms with E-state index in [9.17, 15) is 14.7 Å². The number of aliphatic hydroxyl groups is 1. The molecular formula is C17H19BrN2O3. The Morgan fingerprint density at radius 2 is 1.96 bits per heavy atom. The first-order chi connectivity index (χ1) is 11.1. The van der Waals surface area contributed by atoms with Crippen molar-refractivity contribution >= 4 is 27.7 Å². The van der Waals surface area contributed by atoms with Crippen LogP contribution in [0.15, 0.2) is 28.7 Å². The van der Waals surface area contributed by atoms with Gasteiger partial charge in [-0.3, -0.25) is 9.59 Å². The third-order valence-electron chi connectivity index (χ3n) is 5.25. The number of halogens is 1. The second kappa shape index (κ2) is 5.60. The Balaban J connectivity index is 1.58. The van der Waals surface area contributed by atoms with Gasteiger partial charge >= 0.3 is 0 Å². The van der Waals surface area contributed by atoms with Crippen LogP contribution in [0.3, 0.4) is 0 Å². The van der Waals surface area contributed by atoms with E-state index < -0.39 is 0 Å². The molecule has 2 saturated heterocycles. The molecule has 3 fully saturated rings. The lowest BCUT2D eigenvalue weighted by Crippen LogP contribution is -2.73. The second-order valence-corrected chi connectivity index (χ2v) is 7.60. The summed E-state index contributed by atoms with van der Waals surface area (Å²) < 4.78 is 1.00. The third kappa shape index (κ3) is 2.48. The quantitative estimate of drug-likeness (QED) is 0.863. The van der Waals surface area contributed by atoms with Crippen molar-refractivity contribution in [3.8, 4) is 0 Å². The fourth-order valence-electron chi connectivity index (χ4n) is 3.94. The topological polar surface area (TPSA) is 60.9 Å². The number of carbonyl (C=O) groups is 2. The lowest BCUT2D eigenvalue weighted by atomic mass is 9.73. The van der Waals surface area contributed by atoms with Crippen molar-refractivity contribution in [1.29, 1.82) is 0 Å². The van der Waals surface area contributed by atoms with Crippen molar-refractivity contribution in [3.63, 3.8) is 0 Å². The molecule has 0 aromatic heterocycles. The van der Waals surface area contributed by atoms with Gasteiger partial charge in [-0.15, -0.1) is 0 Å². The van der Waals surface area contributed by atoms with Gasteiger partial charge in [-0.2, -0.15) is 0 Å². The van der Waals surface area contributed by atoms with Crippen LogP contribution in [0.4, 0.5) is 0 Å². The maximum absolute atomic E-state index is 12.4. The maximum atomic E-state index is 12.4. The van der Waals surface area contributed by atoms with Crippen molar-refractivity contribution in [2.24, 2.45) is 5.92 Å². The summed E-state index contributed by atoms with van der Waals surface area (Å²) in [6.07, 6.45) is 1.90. The summed E-state index contributed by atoms with van der Waals surface area (Å²) in [6.45, 7) is 0.702. The fourth-order valence-corrected chi connectivity index (χ4v) is 4.21. The van der Waals surface area contributed by atoms with Crippen molar-refractivity contribution in [1.82, 2.24) is 9.80 Å². The van der Waals surface area contributed by atoms with Crippen molar-refractivity contribution < 1.29 is 14.7 Å². The molecule has 1 N–H and O–H groups in total. The molecule has 1 aliphatic carbocycles. The van der Waals surface area contributed by atoms with E-state index in [0.29, 0.717) is 6.54 Å². The molecule has 4 rings (SSSR count). The van der Waals surface area contributed by atoms with Gasteiger partial charge in [0.15, 0.2) is 0 Å². The zero-order chi connectivity index (χ0) is 16.1. The molecule has 0 unspecified atom stereocenters. The molecule has 3 atom stereocenters. The largest absolute Gasteiger partial charge is 0.394 e. The van der Waals surface area contributed by atoms with E-state index >= 15 is 0 Å². The van der Waals surface area contributed by atoms with E-state index in [4.69, 9.17) is 0 Å². The van der Waals surface area contributed by atoms with Crippen LogP contribution in [-0.2, 0) is 9.59 Å². The highest BCUT2D eigenvalue weighted by molar-refractivity contribution is 9.10. The van der Waals surface area contributed by atoms with Crippen LogP contribution < -0.4 is 0 Å². The molecule has 1 aromatic carbocycles. The molecule has 1 aromatic rings. The minimum Gasteiger partial charge on any atom is -0.394 e. The lowest BCUT2D eigenvalue weighted by molar-refractivity contribution is -0.167. The zero-order valence-electron chi connectivity index (χ0n) is 12.7. The van der Waals surface area contributed by atoms with Crippen LogP contribution in [0, 0.1) is 5.92 Å². The van der Waals surface area contributed by atoms with E-state index in [1.54, 1.807) is 9.80 Å². The average Bonchev–Trinajstić information content (AvgIpc) is 3.35. The predicted octanol–water partition coefficient (Wildman–Crippen LogP) is 1.36. The molecule has 122 valence electrons. The maximum Gasteiger partial charge on any atom is 0.242 e. The van der Waals surface area contributed by atoms with Crippen LogP contribution >= 0.6 is 15.9 Å². The minimum absolute atomic E-state index is 0.0164. The van der Waals surface area contributed by atoms with Crippen molar-refractivity contribution in [2.45, 2.75) is 30.8 Å². The van der Waals surface area contributed by atoms with E-state index in [0.717, 1.165) is 22.9 Å². The molecule has 2 heterocycles. The van der Waals surface area contributed by atoms with Crippen LogP contribution in [0.25, 0.3) is 0 Å². The number of rotatable bonds is 3. The first-order valence-electron chi connectivity index (χ1n) is 8.06. The average molecular weight is 379 g/mol. The minimum atomic E-state index is -0.174. The number of amides is 2. The van der Waals surface area contributed by atoms with Gasteiger partial charge in [0.05, 0.1) is 25.2 Å². The van der Waals surface area contributed by atoms with Crippen LogP contribution in [0.1, 0.15) is 24.3 Å². The molecular weight excluding hydrogens is 360 g/mol. The Morgan fingerprint density at radius 3 is 2.57 bits per heavy atom. The number of hydrogen-bond donors (Lipinski definition) is 1. The van der Waals surface area contributed by atoms with Crippen LogP contribution in [-0.4, -0.2) is 58.5 Å². The standard InChI is InChI=1S/C17H19BrN2O3/c18-12-5-3-10(4-6-12)16-13-7-19(17(23)11-1-2-11)8-15(22)20(13)14(16)9-21/h3-6,11,13-14,16,21H,1-2,7-9H2/t13-,14-,16-/m1/s1. The summed E-state index contributed by atoms with van der Waals surface area (Å²) >= 11 is 3.43. The Morgan fingerprint density at radius 1 is 1.26 bits per heavy atom. The first-order valence-corrected chi connectivity index (χ1v) is 8.85. The van der Waals surface area contributed by atoms with Crippen LogP contribution in [0.2, 0.25) is 0 Å². The fraction of sp³-hybridized carbons (Fsp3) is 0.529. The van der Waals surface area contributed by atoms with E-state index in [1.165, 1.54) is 0 Å². The molecule has 5 nitrogen and oxygen atoms in total. The molecule has 0 radical (unpaired) electrons. The Hall–Kier alpha value is -1.40. The van der Waals surface area contributed by atoms with Gasteiger partial charge in [-0.05, 0) is 30.5 Å². The van der Waals surface area contributed by atoms with Gasteiger partial charge < -0.3 is 14.9 Å². The van der Waals surface area contributed by atoms with Gasteiger partial charge in [-0.25, -0.2) is 0 Å². The first kappa shape index (κ1) is 15.1. The van der Waals surface area contributed by atoms with E-state index in [-0.39, 0.29) is 48.9 Å². The molecule has 2 aliphatic heterocycles. The van der Waals surface area contributed by atoms with Crippen molar-refractivity contribution in [3.05, 3.63) is 34.3 Å². The predicted molar refractivity (Wildman–Crippen MR) is 87.7 cm³/mol. The molecule has 1 saturated carbocycles. The zero-order valence-corrected chi connectivity index (χ0v) is 14.3. The second-order valence-electron chi connectivity index (χ2n) is 6.69. The smallest absolute Gasteiger partial charge is 0.242 e. The van der Waals surface area contributed by atoms with E-state index in [1.807, 2.05) is 24.3 Å². The van der Waals surface area contributed by atoms with Gasteiger partial charge in [0.1, 0.15) is 0 Å². The van der Waals surface area contributed by atoms with Gasteiger partial charge in [0.2, 0.25) is 11.8 Å². The number of aliphatic hydroxyl groups excluding tert-OH is 1. The highest BCUT2D eigenvalue weighted by atomic mass is 79.9. The molecule has 0 bridgehead atoms. The molecule has 2 amide bonds. The van der Waals surface area contributed by atoms with E-state index in [2.05, 4.69) is 15.9 Å². The molecule has 23 heavy (non-hydrogen) atoms. The number of nitrogens with zero attached hydrogens (tertiary/aromatic N) is 2. The monoisotopic (exact) mass is 378 g/mol. The Labute approximate surface area is 143 Å². The Kier molecular flexibility index (Phi) is 3.69. The summed E-state index contributed by atoms with van der Waals surface area (Å²) in [5.41, 5.74) is 1.11. The highest BCUT2D eigenvalue weighted by Crippen LogP contribution is 2.44. The molecule has 6 heteroatoms. The molecule has 0 spiro atoms. The third-order valence-corrected chi connectivity index (χ3v) is 5.77. The van der Waals surface area contributed by atoms with Crippen LogP contribution in [0.5, 0.6) is 0 Å². The van der Waals surface area contributed by atoms with Crippen molar-refractivity contribution in [2.75, 3.05) is 19.7 Å². The number of piperazine rings is 1. The lowest BCUT2D eigenvalue weighted by Gasteiger charge is -2.58. The number of benzene rings is 1. The summed E-state index contributed by atoms with van der Waals surface area (Å²) in [5.74, 6) is 0.309. The summed E-state index contributed by atoms with van der Waals surface area (Å²) in [5, 5.41) is 9.72. The normalized spacial score (nSPS) is 30.0. The highest BCUT2D eigenvalue weighted by Gasteiger charge is 2.55. The number of fused-ring (bicyclic) bond motifs is 1. The Bertz CT molecular complexity index is 644. The number of hydrogen-bond acceptors (Lipinski definition) is 3. The SMILES string of the molecule is O=C(C1CC1)N1CC(=O)N2[C@H](CO)[C@H](c3ccc(Br)cc3)[C@H]2C1. The molecule has 3 aliphatic rings.